The maximum absolute atomic E-state index is 5.57. The summed E-state index contributed by atoms with van der Waals surface area (Å²) in [5, 5.41) is 3.44. The lowest BCUT2D eigenvalue weighted by Crippen LogP contribution is -2.12. The van der Waals surface area contributed by atoms with Crippen LogP contribution in [0.3, 0.4) is 0 Å². The smallest absolute Gasteiger partial charge is 0.161 e. The van der Waals surface area contributed by atoms with Crippen molar-refractivity contribution in [3.05, 3.63) is 41.1 Å². The third-order valence-electron chi connectivity index (χ3n) is 3.88. The van der Waals surface area contributed by atoms with Crippen molar-refractivity contribution in [2.75, 3.05) is 18.4 Å². The number of hydrogen-bond donors (Lipinski definition) is 2. The van der Waals surface area contributed by atoms with Crippen molar-refractivity contribution in [3.63, 3.8) is 0 Å². The zero-order valence-electron chi connectivity index (χ0n) is 12.5. The molecule has 4 nitrogen and oxygen atoms in total. The fourth-order valence-electron chi connectivity index (χ4n) is 2.80. The molecule has 0 spiro atoms. The van der Waals surface area contributed by atoms with Gasteiger partial charge in [0.25, 0.3) is 0 Å². The highest BCUT2D eigenvalue weighted by Crippen LogP contribution is 2.29. The number of hydrogen-bond acceptors (Lipinski definition) is 4. The van der Waals surface area contributed by atoms with Crippen LogP contribution in [-0.2, 0) is 12.8 Å². The summed E-state index contributed by atoms with van der Waals surface area (Å²) in [4.78, 5) is 9.54. The minimum absolute atomic E-state index is 0.699. The largest absolute Gasteiger partial charge is 0.370 e. The average molecular weight is 282 g/mol. The zero-order valence-corrected chi connectivity index (χ0v) is 12.5. The van der Waals surface area contributed by atoms with E-state index in [1.807, 2.05) is 0 Å². The third-order valence-corrected chi connectivity index (χ3v) is 3.88. The van der Waals surface area contributed by atoms with Gasteiger partial charge in [0.05, 0.1) is 0 Å². The van der Waals surface area contributed by atoms with Gasteiger partial charge in [-0.05, 0) is 45.2 Å². The van der Waals surface area contributed by atoms with Crippen LogP contribution in [0.15, 0.2) is 24.3 Å². The lowest BCUT2D eigenvalue weighted by atomic mass is 10.1. The molecule has 0 atom stereocenters. The van der Waals surface area contributed by atoms with Gasteiger partial charge in [-0.3, -0.25) is 0 Å². The molecule has 1 aromatic carbocycles. The molecule has 0 unspecified atom stereocenters. The maximum atomic E-state index is 5.57. The summed E-state index contributed by atoms with van der Waals surface area (Å²) in [7, 11) is 0. The molecule has 0 aliphatic heterocycles. The van der Waals surface area contributed by atoms with Gasteiger partial charge in [-0.15, -0.1) is 0 Å². The van der Waals surface area contributed by atoms with Crippen LogP contribution in [0.1, 0.15) is 29.7 Å². The van der Waals surface area contributed by atoms with E-state index in [1.165, 1.54) is 23.2 Å². The van der Waals surface area contributed by atoms with Crippen LogP contribution in [0.25, 0.3) is 11.4 Å². The second kappa shape index (κ2) is 6.22. The fraction of sp³-hybridized carbons (Fsp3) is 0.412. The second-order valence-electron chi connectivity index (χ2n) is 5.61. The van der Waals surface area contributed by atoms with Gasteiger partial charge in [0.15, 0.2) is 5.82 Å². The Labute approximate surface area is 125 Å². The minimum Gasteiger partial charge on any atom is -0.370 e. The van der Waals surface area contributed by atoms with Gasteiger partial charge in [-0.2, -0.15) is 0 Å². The Morgan fingerprint density at radius 1 is 1.24 bits per heavy atom. The van der Waals surface area contributed by atoms with E-state index in [-0.39, 0.29) is 0 Å². The molecule has 1 aliphatic rings. The van der Waals surface area contributed by atoms with Crippen molar-refractivity contribution in [2.45, 2.75) is 32.6 Å². The van der Waals surface area contributed by atoms with Gasteiger partial charge in [-0.1, -0.05) is 23.8 Å². The van der Waals surface area contributed by atoms with Gasteiger partial charge >= 0.3 is 0 Å². The van der Waals surface area contributed by atoms with Crippen LogP contribution < -0.4 is 11.1 Å². The molecule has 4 heteroatoms. The SMILES string of the molecule is Cc1cccc(-c2nc3c(c(NCCCN)n2)CCC3)c1. The highest BCUT2D eigenvalue weighted by molar-refractivity contribution is 5.61. The molecule has 21 heavy (non-hydrogen) atoms. The Hall–Kier alpha value is -1.94. The quantitative estimate of drug-likeness (QED) is 0.828. The molecule has 0 fully saturated rings. The lowest BCUT2D eigenvalue weighted by molar-refractivity contribution is 0.865. The number of nitrogens with one attached hydrogen (secondary N) is 1. The standard InChI is InChI=1S/C17H22N4/c1-12-5-2-6-13(11-12)16-20-15-8-3-7-14(15)17(21-16)19-10-4-9-18/h2,5-6,11H,3-4,7-10,18H2,1H3,(H,19,20,21). The first-order chi connectivity index (χ1) is 10.3. The lowest BCUT2D eigenvalue weighted by Gasteiger charge is -2.12. The van der Waals surface area contributed by atoms with E-state index in [2.05, 4.69) is 36.5 Å². The van der Waals surface area contributed by atoms with Crippen LogP contribution in [0.2, 0.25) is 0 Å². The summed E-state index contributed by atoms with van der Waals surface area (Å²) in [5.41, 5.74) is 10.4. The Bertz CT molecular complexity index is 637. The predicted molar refractivity (Wildman–Crippen MR) is 86.4 cm³/mol. The molecule has 0 amide bonds. The molecule has 110 valence electrons. The van der Waals surface area contributed by atoms with Gasteiger partial charge < -0.3 is 11.1 Å². The molecular weight excluding hydrogens is 260 g/mol. The van der Waals surface area contributed by atoms with E-state index < -0.39 is 0 Å². The van der Waals surface area contributed by atoms with E-state index >= 15 is 0 Å². The van der Waals surface area contributed by atoms with Gasteiger partial charge in [0.2, 0.25) is 0 Å². The number of fused-ring (bicyclic) bond motifs is 1. The summed E-state index contributed by atoms with van der Waals surface area (Å²) in [6.45, 7) is 3.66. The summed E-state index contributed by atoms with van der Waals surface area (Å²) in [5.74, 6) is 1.83. The number of rotatable bonds is 5. The van der Waals surface area contributed by atoms with Crippen LogP contribution >= 0.6 is 0 Å². The van der Waals surface area contributed by atoms with Gasteiger partial charge in [0, 0.05) is 23.4 Å². The first-order valence-electron chi connectivity index (χ1n) is 7.68. The Balaban J connectivity index is 1.96. The highest BCUT2D eigenvalue weighted by atomic mass is 15.0. The first kappa shape index (κ1) is 14.0. The molecule has 1 aromatic heterocycles. The number of nitrogens with zero attached hydrogens (tertiary/aromatic N) is 2. The van der Waals surface area contributed by atoms with Crippen molar-refractivity contribution >= 4 is 5.82 Å². The summed E-state index contributed by atoms with van der Waals surface area (Å²) in [6.07, 6.45) is 4.27. The fourth-order valence-corrected chi connectivity index (χ4v) is 2.80. The molecule has 1 aliphatic carbocycles. The number of anilines is 1. The highest BCUT2D eigenvalue weighted by Gasteiger charge is 2.19. The maximum Gasteiger partial charge on any atom is 0.161 e. The molecule has 3 rings (SSSR count). The molecule has 3 N–H and O–H groups in total. The monoisotopic (exact) mass is 282 g/mol. The number of nitrogens with two attached hydrogens (primary N) is 1. The molecule has 0 saturated carbocycles. The molecule has 0 saturated heterocycles. The van der Waals surface area contributed by atoms with E-state index in [4.69, 9.17) is 15.7 Å². The normalized spacial score (nSPS) is 13.2. The predicted octanol–water partition coefficient (Wildman–Crippen LogP) is 2.70. The molecule has 0 bridgehead atoms. The number of aromatic nitrogens is 2. The first-order valence-corrected chi connectivity index (χ1v) is 7.68. The number of aryl methyl sites for hydroxylation is 2. The van der Waals surface area contributed by atoms with E-state index in [0.717, 1.165) is 43.0 Å². The van der Waals surface area contributed by atoms with Crippen molar-refractivity contribution in [3.8, 4) is 11.4 Å². The van der Waals surface area contributed by atoms with E-state index in [1.54, 1.807) is 0 Å². The van der Waals surface area contributed by atoms with Gasteiger partial charge in [0.1, 0.15) is 5.82 Å². The molecule has 1 heterocycles. The minimum atomic E-state index is 0.699. The van der Waals surface area contributed by atoms with Crippen molar-refractivity contribution in [1.29, 1.82) is 0 Å². The summed E-state index contributed by atoms with van der Waals surface area (Å²) >= 11 is 0. The molecule has 0 radical (unpaired) electrons. The van der Waals surface area contributed by atoms with Crippen LogP contribution in [0.5, 0.6) is 0 Å². The van der Waals surface area contributed by atoms with Crippen molar-refractivity contribution < 1.29 is 0 Å². The van der Waals surface area contributed by atoms with E-state index in [9.17, 15) is 0 Å². The summed E-state index contributed by atoms with van der Waals surface area (Å²) in [6, 6.07) is 8.37. The summed E-state index contributed by atoms with van der Waals surface area (Å²) < 4.78 is 0. The molecule has 2 aromatic rings. The number of benzene rings is 1. The van der Waals surface area contributed by atoms with Crippen LogP contribution in [0, 0.1) is 6.92 Å². The Kier molecular flexibility index (Phi) is 4.15. The van der Waals surface area contributed by atoms with Gasteiger partial charge in [-0.25, -0.2) is 9.97 Å². The van der Waals surface area contributed by atoms with Crippen LogP contribution in [0.4, 0.5) is 5.82 Å². The topological polar surface area (TPSA) is 63.8 Å². The van der Waals surface area contributed by atoms with Crippen molar-refractivity contribution in [1.82, 2.24) is 9.97 Å². The van der Waals surface area contributed by atoms with E-state index in [0.29, 0.717) is 6.54 Å². The second-order valence-corrected chi connectivity index (χ2v) is 5.61. The van der Waals surface area contributed by atoms with Crippen molar-refractivity contribution in [2.24, 2.45) is 5.73 Å². The van der Waals surface area contributed by atoms with Crippen LogP contribution in [-0.4, -0.2) is 23.1 Å². The zero-order chi connectivity index (χ0) is 14.7. The molecular formula is C17H22N4. The Morgan fingerprint density at radius 3 is 2.95 bits per heavy atom. The average Bonchev–Trinajstić information content (AvgIpc) is 2.96. The third kappa shape index (κ3) is 3.05. The Morgan fingerprint density at radius 2 is 2.14 bits per heavy atom.